The van der Waals surface area contributed by atoms with Crippen molar-refractivity contribution in [2.24, 2.45) is 0 Å². The van der Waals surface area contributed by atoms with Gasteiger partial charge in [-0.2, -0.15) is 0 Å². The zero-order valence-electron chi connectivity index (χ0n) is 14.6. The highest BCUT2D eigenvalue weighted by atomic mass is 35.5. The smallest absolute Gasteiger partial charge is 0.224 e. The van der Waals surface area contributed by atoms with Crippen LogP contribution in [0.4, 0.5) is 0 Å². The first kappa shape index (κ1) is 17.8. The molecule has 1 aromatic carbocycles. The van der Waals surface area contributed by atoms with Crippen molar-refractivity contribution < 1.29 is 4.79 Å². The van der Waals surface area contributed by atoms with E-state index < -0.39 is 0 Å². The number of rotatable bonds is 5. The number of carbonyl (C=O) groups is 1. The maximum atomic E-state index is 12.2. The third-order valence-corrected chi connectivity index (χ3v) is 4.86. The molecule has 0 saturated carbocycles. The molecule has 5 nitrogen and oxygen atoms in total. The third kappa shape index (κ3) is 4.55. The molecular formula is C19H23ClN4O. The molecule has 2 heterocycles. The van der Waals surface area contributed by atoms with E-state index in [2.05, 4.69) is 27.2 Å². The van der Waals surface area contributed by atoms with Gasteiger partial charge < -0.3 is 5.32 Å². The molecule has 0 bridgehead atoms. The van der Waals surface area contributed by atoms with Crippen LogP contribution in [0.15, 0.2) is 30.5 Å². The first-order valence-electron chi connectivity index (χ1n) is 8.56. The summed E-state index contributed by atoms with van der Waals surface area (Å²) in [6.07, 6.45) is 4.44. The molecule has 1 aliphatic heterocycles. The fraction of sp³-hybridized carbons (Fsp3) is 0.421. The molecule has 1 aliphatic rings. The van der Waals surface area contributed by atoms with Crippen LogP contribution in [0.25, 0.3) is 0 Å². The molecule has 3 rings (SSSR count). The summed E-state index contributed by atoms with van der Waals surface area (Å²) in [5.41, 5.74) is 2.98. The molecule has 0 aliphatic carbocycles. The Labute approximate surface area is 153 Å². The van der Waals surface area contributed by atoms with Crippen LogP contribution in [0.5, 0.6) is 0 Å². The molecule has 0 radical (unpaired) electrons. The summed E-state index contributed by atoms with van der Waals surface area (Å²) in [5.74, 6) is 0.750. The maximum absolute atomic E-state index is 12.2. The van der Waals surface area contributed by atoms with Gasteiger partial charge in [0.05, 0.1) is 18.2 Å². The van der Waals surface area contributed by atoms with Gasteiger partial charge in [0.2, 0.25) is 5.91 Å². The summed E-state index contributed by atoms with van der Waals surface area (Å²) in [6.45, 7) is 3.43. The van der Waals surface area contributed by atoms with Gasteiger partial charge in [0.25, 0.3) is 0 Å². The average Bonchev–Trinajstić information content (AvgIpc) is 3.01. The molecule has 2 aromatic rings. The van der Waals surface area contributed by atoms with E-state index in [0.717, 1.165) is 35.6 Å². The number of nitrogens with one attached hydrogen (secondary N) is 1. The van der Waals surface area contributed by atoms with E-state index >= 15 is 0 Å². The largest absolute Gasteiger partial charge is 0.352 e. The summed E-state index contributed by atoms with van der Waals surface area (Å²) >= 11 is 5.88. The summed E-state index contributed by atoms with van der Waals surface area (Å²) in [5, 5.41) is 3.66. The molecule has 0 unspecified atom stereocenters. The monoisotopic (exact) mass is 358 g/mol. The van der Waals surface area contributed by atoms with Crippen molar-refractivity contribution in [3.05, 3.63) is 58.1 Å². The molecule has 1 aromatic heterocycles. The highest BCUT2D eigenvalue weighted by molar-refractivity contribution is 6.30. The van der Waals surface area contributed by atoms with Crippen molar-refractivity contribution in [1.29, 1.82) is 0 Å². The summed E-state index contributed by atoms with van der Waals surface area (Å²) in [6, 6.07) is 7.65. The van der Waals surface area contributed by atoms with Gasteiger partial charge >= 0.3 is 0 Å². The Morgan fingerprint density at radius 1 is 1.36 bits per heavy atom. The van der Waals surface area contributed by atoms with Crippen molar-refractivity contribution in [2.75, 3.05) is 13.6 Å². The number of nitrogens with zero attached hydrogens (tertiary/aromatic N) is 3. The number of likely N-dealkylation sites (tertiary alicyclic amines) is 1. The minimum absolute atomic E-state index is 0.0198. The van der Waals surface area contributed by atoms with Crippen molar-refractivity contribution in [3.8, 4) is 0 Å². The van der Waals surface area contributed by atoms with Crippen molar-refractivity contribution in [2.45, 2.75) is 38.8 Å². The first-order chi connectivity index (χ1) is 12.0. The van der Waals surface area contributed by atoms with Gasteiger partial charge in [-0.05, 0) is 51.1 Å². The van der Waals surface area contributed by atoms with Gasteiger partial charge in [-0.3, -0.25) is 9.69 Å². The lowest BCUT2D eigenvalue weighted by Crippen LogP contribution is -2.27. The standard InChI is InChI=1S/C19H23ClN4O/c1-13-21-11-15(19(23-13)17-4-3-9-24(17)2)12-22-18(25)10-14-5-7-16(20)8-6-14/h5-8,11,17H,3-4,9-10,12H2,1-2H3,(H,22,25)/t17-/m0/s1. The minimum Gasteiger partial charge on any atom is -0.352 e. The fourth-order valence-electron chi connectivity index (χ4n) is 3.24. The number of benzene rings is 1. The summed E-state index contributed by atoms with van der Waals surface area (Å²) in [4.78, 5) is 23.5. The Hall–Kier alpha value is -1.98. The Kier molecular flexibility index (Phi) is 5.66. The summed E-state index contributed by atoms with van der Waals surface area (Å²) < 4.78 is 0. The quantitative estimate of drug-likeness (QED) is 0.892. The van der Waals surface area contributed by atoms with Crippen LogP contribution in [0.1, 0.15) is 41.5 Å². The SMILES string of the molecule is Cc1ncc(CNC(=O)Cc2ccc(Cl)cc2)c([C@@H]2CCCN2C)n1. The molecule has 1 amide bonds. The number of aryl methyl sites for hydroxylation is 1. The van der Waals surface area contributed by atoms with Gasteiger partial charge in [0.15, 0.2) is 0 Å². The molecule has 1 saturated heterocycles. The Bertz CT molecular complexity index is 748. The first-order valence-corrected chi connectivity index (χ1v) is 8.94. The van der Waals surface area contributed by atoms with E-state index in [1.807, 2.05) is 25.3 Å². The number of halogens is 1. The second-order valence-corrected chi connectivity index (χ2v) is 6.98. The third-order valence-electron chi connectivity index (χ3n) is 4.61. The second kappa shape index (κ2) is 7.93. The average molecular weight is 359 g/mol. The van der Waals surface area contributed by atoms with E-state index in [9.17, 15) is 4.79 Å². The lowest BCUT2D eigenvalue weighted by molar-refractivity contribution is -0.120. The maximum Gasteiger partial charge on any atom is 0.224 e. The van der Waals surface area contributed by atoms with E-state index in [4.69, 9.17) is 11.6 Å². The molecule has 1 atom stereocenters. The van der Waals surface area contributed by atoms with Crippen molar-refractivity contribution >= 4 is 17.5 Å². The van der Waals surface area contributed by atoms with Crippen LogP contribution >= 0.6 is 11.6 Å². The van der Waals surface area contributed by atoms with Crippen LogP contribution in [0.2, 0.25) is 5.02 Å². The van der Waals surface area contributed by atoms with Gasteiger partial charge in [-0.15, -0.1) is 0 Å². The van der Waals surface area contributed by atoms with Crippen LogP contribution in [-0.4, -0.2) is 34.4 Å². The zero-order valence-corrected chi connectivity index (χ0v) is 15.4. The number of amides is 1. The Morgan fingerprint density at radius 2 is 2.12 bits per heavy atom. The second-order valence-electron chi connectivity index (χ2n) is 6.55. The molecular weight excluding hydrogens is 336 g/mol. The van der Waals surface area contributed by atoms with Crippen molar-refractivity contribution in [3.63, 3.8) is 0 Å². The van der Waals surface area contributed by atoms with Gasteiger partial charge in [-0.25, -0.2) is 9.97 Å². The summed E-state index contributed by atoms with van der Waals surface area (Å²) in [7, 11) is 2.12. The molecule has 0 spiro atoms. The van der Waals surface area contributed by atoms with Crippen LogP contribution in [-0.2, 0) is 17.8 Å². The highest BCUT2D eigenvalue weighted by Crippen LogP contribution is 2.31. The zero-order chi connectivity index (χ0) is 17.8. The molecule has 1 N–H and O–H groups in total. The van der Waals surface area contributed by atoms with Crippen LogP contribution in [0.3, 0.4) is 0 Å². The van der Waals surface area contributed by atoms with E-state index in [-0.39, 0.29) is 5.91 Å². The van der Waals surface area contributed by atoms with E-state index in [1.54, 1.807) is 12.1 Å². The fourth-order valence-corrected chi connectivity index (χ4v) is 3.36. The van der Waals surface area contributed by atoms with Crippen molar-refractivity contribution in [1.82, 2.24) is 20.2 Å². The molecule has 25 heavy (non-hydrogen) atoms. The van der Waals surface area contributed by atoms with Gasteiger partial charge in [0, 0.05) is 23.3 Å². The van der Waals surface area contributed by atoms with E-state index in [0.29, 0.717) is 24.0 Å². The Balaban J connectivity index is 1.66. The number of hydrogen-bond donors (Lipinski definition) is 1. The molecule has 1 fully saturated rings. The lowest BCUT2D eigenvalue weighted by atomic mass is 10.1. The molecule has 132 valence electrons. The highest BCUT2D eigenvalue weighted by Gasteiger charge is 2.26. The lowest BCUT2D eigenvalue weighted by Gasteiger charge is -2.21. The normalized spacial score (nSPS) is 17.6. The van der Waals surface area contributed by atoms with E-state index in [1.165, 1.54) is 6.42 Å². The number of aromatic nitrogens is 2. The molecule has 6 heteroatoms. The van der Waals surface area contributed by atoms with Gasteiger partial charge in [-0.1, -0.05) is 23.7 Å². The van der Waals surface area contributed by atoms with Crippen LogP contribution in [0, 0.1) is 6.92 Å². The van der Waals surface area contributed by atoms with Crippen LogP contribution < -0.4 is 5.32 Å². The van der Waals surface area contributed by atoms with Gasteiger partial charge in [0.1, 0.15) is 5.82 Å². The Morgan fingerprint density at radius 3 is 2.80 bits per heavy atom. The predicted octanol–water partition coefficient (Wildman–Crippen LogP) is 3.06. The topological polar surface area (TPSA) is 58.1 Å². The predicted molar refractivity (Wildman–Crippen MR) is 98.4 cm³/mol. The minimum atomic E-state index is -0.0198. The number of hydrogen-bond acceptors (Lipinski definition) is 4. The number of carbonyl (C=O) groups excluding carboxylic acids is 1.